The van der Waals surface area contributed by atoms with Crippen molar-refractivity contribution in [1.82, 2.24) is 0 Å². The van der Waals surface area contributed by atoms with Crippen LogP contribution >= 0.6 is 11.8 Å². The third-order valence-electron chi connectivity index (χ3n) is 2.24. The van der Waals surface area contributed by atoms with Crippen molar-refractivity contribution >= 4 is 23.1 Å². The van der Waals surface area contributed by atoms with E-state index in [2.05, 4.69) is 18.5 Å². The zero-order valence-corrected chi connectivity index (χ0v) is 10.2. The molecule has 0 spiro atoms. The molecule has 1 aromatic carbocycles. The third-order valence-corrected chi connectivity index (χ3v) is 3.21. The maximum absolute atomic E-state index is 5.88. The van der Waals surface area contributed by atoms with Gasteiger partial charge in [0.15, 0.2) is 0 Å². The molecule has 0 aromatic heterocycles. The number of methoxy groups -OCH3 is 1. The molecule has 0 saturated heterocycles. The minimum atomic E-state index is 0.575. The molecule has 0 aliphatic heterocycles. The van der Waals surface area contributed by atoms with Crippen LogP contribution in [0.15, 0.2) is 18.2 Å². The van der Waals surface area contributed by atoms with Gasteiger partial charge in [-0.1, -0.05) is 6.92 Å². The first-order valence-electron chi connectivity index (χ1n) is 4.87. The fraction of sp³-hybridized carbons (Fsp3) is 0.455. The summed E-state index contributed by atoms with van der Waals surface area (Å²) in [6.07, 6.45) is 2.10. The van der Waals surface area contributed by atoms with Crippen molar-refractivity contribution in [2.24, 2.45) is 0 Å². The van der Waals surface area contributed by atoms with E-state index in [-0.39, 0.29) is 0 Å². The van der Waals surface area contributed by atoms with E-state index in [4.69, 9.17) is 10.5 Å². The molecule has 1 rings (SSSR count). The Hall–Kier alpha value is -1.03. The molecule has 1 atom stereocenters. The normalized spacial score (nSPS) is 12.2. The minimum absolute atomic E-state index is 0.575. The largest absolute Gasteiger partial charge is 0.497 e. The van der Waals surface area contributed by atoms with Gasteiger partial charge in [-0.3, -0.25) is 0 Å². The Balaban J connectivity index is 2.62. The van der Waals surface area contributed by atoms with Gasteiger partial charge in [0, 0.05) is 17.9 Å². The predicted molar refractivity (Wildman–Crippen MR) is 68.9 cm³/mol. The van der Waals surface area contributed by atoms with E-state index >= 15 is 0 Å². The lowest BCUT2D eigenvalue weighted by molar-refractivity contribution is 0.415. The van der Waals surface area contributed by atoms with Gasteiger partial charge in [-0.15, -0.1) is 0 Å². The summed E-state index contributed by atoms with van der Waals surface area (Å²) in [6.45, 7) is 3.09. The first kappa shape index (κ1) is 12.0. The van der Waals surface area contributed by atoms with Crippen LogP contribution in [0, 0.1) is 0 Å². The quantitative estimate of drug-likeness (QED) is 0.757. The van der Waals surface area contributed by atoms with E-state index in [0.717, 1.165) is 23.7 Å². The molecule has 0 aliphatic rings. The molecule has 3 N–H and O–H groups in total. The Morgan fingerprint density at radius 3 is 2.80 bits per heavy atom. The van der Waals surface area contributed by atoms with Crippen molar-refractivity contribution in [3.63, 3.8) is 0 Å². The van der Waals surface area contributed by atoms with Gasteiger partial charge in [0.1, 0.15) is 5.75 Å². The van der Waals surface area contributed by atoms with Crippen LogP contribution in [0.25, 0.3) is 0 Å². The predicted octanol–water partition coefficient (Wildman–Crippen LogP) is 2.44. The molecule has 1 unspecified atom stereocenters. The second-order valence-corrected chi connectivity index (χ2v) is 4.66. The van der Waals surface area contributed by atoms with Crippen LogP contribution in [0.4, 0.5) is 11.4 Å². The highest BCUT2D eigenvalue weighted by atomic mass is 32.2. The van der Waals surface area contributed by atoms with E-state index in [1.54, 1.807) is 7.11 Å². The van der Waals surface area contributed by atoms with Gasteiger partial charge in [-0.2, -0.15) is 11.8 Å². The van der Waals surface area contributed by atoms with Crippen LogP contribution in [0.5, 0.6) is 5.75 Å². The number of thioether (sulfide) groups is 1. The standard InChI is InChI=1S/C11H18N2OS/c1-8(15-3)7-13-11-5-4-9(14-2)6-10(11)12/h4-6,8,13H,7,12H2,1-3H3. The summed E-state index contributed by atoms with van der Waals surface area (Å²) in [5, 5.41) is 3.89. The Kier molecular flexibility index (Phi) is 4.62. The lowest BCUT2D eigenvalue weighted by atomic mass is 10.2. The number of nitrogens with one attached hydrogen (secondary N) is 1. The minimum Gasteiger partial charge on any atom is -0.497 e. The number of rotatable bonds is 5. The Morgan fingerprint density at radius 2 is 2.27 bits per heavy atom. The van der Waals surface area contributed by atoms with Crippen LogP contribution in [-0.4, -0.2) is 25.2 Å². The molecule has 0 saturated carbocycles. The first-order chi connectivity index (χ1) is 7.17. The summed E-state index contributed by atoms with van der Waals surface area (Å²) < 4.78 is 5.08. The van der Waals surface area contributed by atoms with Crippen LogP contribution in [0.1, 0.15) is 6.92 Å². The molecule has 0 fully saturated rings. The summed E-state index contributed by atoms with van der Waals surface area (Å²) >= 11 is 1.83. The Labute approximate surface area is 95.4 Å². The molecule has 0 aliphatic carbocycles. The van der Waals surface area contributed by atoms with Gasteiger partial charge in [0.25, 0.3) is 0 Å². The Bertz CT molecular complexity index is 317. The van der Waals surface area contributed by atoms with Gasteiger partial charge >= 0.3 is 0 Å². The summed E-state index contributed by atoms with van der Waals surface area (Å²) in [5.41, 5.74) is 7.57. The second kappa shape index (κ2) is 5.75. The van der Waals surface area contributed by atoms with Crippen LogP contribution in [0.3, 0.4) is 0 Å². The van der Waals surface area contributed by atoms with Crippen LogP contribution in [-0.2, 0) is 0 Å². The Morgan fingerprint density at radius 1 is 1.53 bits per heavy atom. The molecule has 3 nitrogen and oxygen atoms in total. The molecule has 15 heavy (non-hydrogen) atoms. The van der Waals surface area contributed by atoms with Gasteiger partial charge in [-0.25, -0.2) is 0 Å². The average Bonchev–Trinajstić information content (AvgIpc) is 2.26. The molecule has 0 heterocycles. The van der Waals surface area contributed by atoms with E-state index in [0.29, 0.717) is 5.25 Å². The average molecular weight is 226 g/mol. The van der Waals surface area contributed by atoms with Gasteiger partial charge in [0.2, 0.25) is 0 Å². The van der Waals surface area contributed by atoms with E-state index in [1.165, 1.54) is 0 Å². The number of anilines is 2. The number of hydrogen-bond donors (Lipinski definition) is 2. The van der Waals surface area contributed by atoms with E-state index < -0.39 is 0 Å². The SMILES string of the molecule is COc1ccc(NCC(C)SC)c(N)c1. The van der Waals surface area contributed by atoms with E-state index in [1.807, 2.05) is 30.0 Å². The monoisotopic (exact) mass is 226 g/mol. The van der Waals surface area contributed by atoms with Crippen molar-refractivity contribution in [3.05, 3.63) is 18.2 Å². The lowest BCUT2D eigenvalue weighted by Crippen LogP contribution is -2.13. The summed E-state index contributed by atoms with van der Waals surface area (Å²) in [4.78, 5) is 0. The molecular weight excluding hydrogens is 208 g/mol. The third kappa shape index (κ3) is 3.55. The summed E-state index contributed by atoms with van der Waals surface area (Å²) in [5.74, 6) is 0.788. The molecule has 0 bridgehead atoms. The molecular formula is C11H18N2OS. The molecule has 0 radical (unpaired) electrons. The zero-order valence-electron chi connectivity index (χ0n) is 9.41. The number of ether oxygens (including phenoxy) is 1. The highest BCUT2D eigenvalue weighted by Gasteiger charge is 2.03. The van der Waals surface area contributed by atoms with Crippen LogP contribution < -0.4 is 15.8 Å². The van der Waals surface area contributed by atoms with Gasteiger partial charge in [0.05, 0.1) is 18.5 Å². The number of nitrogen functional groups attached to an aromatic ring is 1. The van der Waals surface area contributed by atoms with E-state index in [9.17, 15) is 0 Å². The fourth-order valence-electron chi connectivity index (χ4n) is 1.17. The maximum atomic E-state index is 5.88. The molecule has 4 heteroatoms. The molecule has 84 valence electrons. The lowest BCUT2D eigenvalue weighted by Gasteiger charge is -2.13. The van der Waals surface area contributed by atoms with Crippen molar-refractivity contribution in [2.45, 2.75) is 12.2 Å². The smallest absolute Gasteiger partial charge is 0.121 e. The number of nitrogens with two attached hydrogens (primary N) is 1. The number of hydrogen-bond acceptors (Lipinski definition) is 4. The maximum Gasteiger partial charge on any atom is 0.121 e. The van der Waals surface area contributed by atoms with Gasteiger partial charge < -0.3 is 15.8 Å². The van der Waals surface area contributed by atoms with Gasteiger partial charge in [-0.05, 0) is 18.4 Å². The molecule has 1 aromatic rings. The summed E-state index contributed by atoms with van der Waals surface area (Å²) in [7, 11) is 1.64. The van der Waals surface area contributed by atoms with Crippen LogP contribution in [0.2, 0.25) is 0 Å². The molecule has 0 amide bonds. The van der Waals surface area contributed by atoms with Crippen molar-refractivity contribution in [1.29, 1.82) is 0 Å². The zero-order chi connectivity index (χ0) is 11.3. The first-order valence-corrected chi connectivity index (χ1v) is 6.16. The van der Waals surface area contributed by atoms with Crippen molar-refractivity contribution < 1.29 is 4.74 Å². The second-order valence-electron chi connectivity index (χ2n) is 3.38. The highest BCUT2D eigenvalue weighted by molar-refractivity contribution is 7.99. The fourth-order valence-corrected chi connectivity index (χ4v) is 1.42. The topological polar surface area (TPSA) is 47.3 Å². The number of benzene rings is 1. The summed E-state index contributed by atoms with van der Waals surface area (Å²) in [6, 6.07) is 5.68. The van der Waals surface area contributed by atoms with Crippen molar-refractivity contribution in [2.75, 3.05) is 31.0 Å². The highest BCUT2D eigenvalue weighted by Crippen LogP contribution is 2.24. The van der Waals surface area contributed by atoms with Crippen molar-refractivity contribution in [3.8, 4) is 5.75 Å².